The SMILES string of the molecule is COCCNCC(O)C(O)C(O)C(O)CO. The van der Waals surface area contributed by atoms with Crippen molar-refractivity contribution in [1.82, 2.24) is 5.32 Å². The van der Waals surface area contributed by atoms with Crippen molar-refractivity contribution in [3.8, 4) is 0 Å². The van der Waals surface area contributed by atoms with Crippen LogP contribution in [0.4, 0.5) is 0 Å². The van der Waals surface area contributed by atoms with Gasteiger partial charge in [-0.1, -0.05) is 0 Å². The van der Waals surface area contributed by atoms with E-state index in [2.05, 4.69) is 5.32 Å². The van der Waals surface area contributed by atoms with Gasteiger partial charge in [-0.25, -0.2) is 0 Å². The van der Waals surface area contributed by atoms with Gasteiger partial charge >= 0.3 is 0 Å². The Morgan fingerprint density at radius 2 is 1.62 bits per heavy atom. The van der Waals surface area contributed by atoms with Crippen LogP contribution in [0.1, 0.15) is 0 Å². The Morgan fingerprint density at radius 3 is 2.12 bits per heavy atom. The van der Waals surface area contributed by atoms with Gasteiger partial charge in [0.2, 0.25) is 0 Å². The molecular formula is C9H21NO6. The highest BCUT2D eigenvalue weighted by molar-refractivity contribution is 4.81. The highest BCUT2D eigenvalue weighted by Crippen LogP contribution is 2.04. The topological polar surface area (TPSA) is 122 Å². The third kappa shape index (κ3) is 5.71. The van der Waals surface area contributed by atoms with Crippen LogP contribution in [0.15, 0.2) is 0 Å². The molecule has 0 aromatic heterocycles. The monoisotopic (exact) mass is 239 g/mol. The third-order valence-electron chi connectivity index (χ3n) is 2.16. The zero-order valence-electron chi connectivity index (χ0n) is 9.28. The van der Waals surface area contributed by atoms with Gasteiger partial charge in [-0.15, -0.1) is 0 Å². The van der Waals surface area contributed by atoms with Gasteiger partial charge in [0, 0.05) is 20.2 Å². The summed E-state index contributed by atoms with van der Waals surface area (Å²) in [5.41, 5.74) is 0. The van der Waals surface area contributed by atoms with Crippen LogP contribution >= 0.6 is 0 Å². The van der Waals surface area contributed by atoms with Crippen LogP contribution in [0.5, 0.6) is 0 Å². The molecule has 0 fully saturated rings. The van der Waals surface area contributed by atoms with Gasteiger partial charge < -0.3 is 35.6 Å². The van der Waals surface area contributed by atoms with E-state index in [0.29, 0.717) is 13.2 Å². The summed E-state index contributed by atoms with van der Waals surface area (Å²) in [6.45, 7) is 0.339. The van der Waals surface area contributed by atoms with E-state index in [0.717, 1.165) is 0 Å². The van der Waals surface area contributed by atoms with Crippen molar-refractivity contribution in [2.45, 2.75) is 24.4 Å². The summed E-state index contributed by atoms with van der Waals surface area (Å²) in [4.78, 5) is 0. The van der Waals surface area contributed by atoms with Crippen molar-refractivity contribution in [2.24, 2.45) is 0 Å². The first-order chi connectivity index (χ1) is 7.54. The molecule has 98 valence electrons. The van der Waals surface area contributed by atoms with Gasteiger partial charge in [-0.05, 0) is 0 Å². The average Bonchev–Trinajstić information content (AvgIpc) is 2.31. The Bertz CT molecular complexity index is 170. The largest absolute Gasteiger partial charge is 0.394 e. The number of methoxy groups -OCH3 is 1. The number of hydrogen-bond acceptors (Lipinski definition) is 7. The lowest BCUT2D eigenvalue weighted by Gasteiger charge is -2.25. The third-order valence-corrected chi connectivity index (χ3v) is 2.16. The number of hydrogen-bond donors (Lipinski definition) is 6. The number of nitrogens with one attached hydrogen (secondary N) is 1. The molecule has 0 rings (SSSR count). The van der Waals surface area contributed by atoms with Crippen molar-refractivity contribution in [1.29, 1.82) is 0 Å². The molecule has 0 heterocycles. The lowest BCUT2D eigenvalue weighted by Crippen LogP contribution is -2.49. The molecule has 0 aromatic rings. The molecule has 0 spiro atoms. The molecular weight excluding hydrogens is 218 g/mol. The van der Waals surface area contributed by atoms with Crippen molar-refractivity contribution in [3.05, 3.63) is 0 Å². The van der Waals surface area contributed by atoms with Crippen LogP contribution in [0, 0.1) is 0 Å². The van der Waals surface area contributed by atoms with Gasteiger partial charge in [-0.2, -0.15) is 0 Å². The maximum absolute atomic E-state index is 9.43. The number of rotatable bonds is 9. The van der Waals surface area contributed by atoms with Crippen LogP contribution < -0.4 is 5.32 Å². The molecule has 6 N–H and O–H groups in total. The number of aliphatic hydroxyl groups is 5. The first-order valence-electron chi connectivity index (χ1n) is 5.07. The van der Waals surface area contributed by atoms with Crippen LogP contribution in [0.2, 0.25) is 0 Å². The number of aliphatic hydroxyl groups excluding tert-OH is 5. The molecule has 0 radical (unpaired) electrons. The summed E-state index contributed by atoms with van der Waals surface area (Å²) in [5.74, 6) is 0. The zero-order chi connectivity index (χ0) is 12.6. The van der Waals surface area contributed by atoms with Crippen LogP contribution in [-0.4, -0.2) is 83.4 Å². The highest BCUT2D eigenvalue weighted by atomic mass is 16.5. The molecule has 0 aliphatic rings. The minimum Gasteiger partial charge on any atom is -0.394 e. The Labute approximate surface area is 94.3 Å². The molecule has 0 bridgehead atoms. The standard InChI is InChI=1S/C9H21NO6/c1-16-3-2-10-4-6(12)8(14)9(15)7(13)5-11/h6-15H,2-5H2,1H3. The van der Waals surface area contributed by atoms with Gasteiger partial charge in [0.1, 0.15) is 18.3 Å². The zero-order valence-corrected chi connectivity index (χ0v) is 9.28. The van der Waals surface area contributed by atoms with Gasteiger partial charge in [0.25, 0.3) is 0 Å². The summed E-state index contributed by atoms with van der Waals surface area (Å²) in [7, 11) is 1.54. The Hall–Kier alpha value is -0.280. The maximum Gasteiger partial charge on any atom is 0.111 e. The summed E-state index contributed by atoms with van der Waals surface area (Å²) < 4.78 is 4.76. The molecule has 0 saturated carbocycles. The first kappa shape index (κ1) is 15.7. The van der Waals surface area contributed by atoms with E-state index < -0.39 is 31.0 Å². The van der Waals surface area contributed by atoms with Crippen molar-refractivity contribution < 1.29 is 30.3 Å². The lowest BCUT2D eigenvalue weighted by atomic mass is 10.0. The molecule has 0 amide bonds. The normalized spacial score (nSPS) is 19.1. The molecule has 0 aliphatic carbocycles. The molecule has 4 atom stereocenters. The first-order valence-corrected chi connectivity index (χ1v) is 5.07. The lowest BCUT2D eigenvalue weighted by molar-refractivity contribution is -0.114. The minimum atomic E-state index is -1.58. The highest BCUT2D eigenvalue weighted by Gasteiger charge is 2.29. The molecule has 0 aromatic carbocycles. The fourth-order valence-corrected chi connectivity index (χ4v) is 1.11. The second-order valence-corrected chi connectivity index (χ2v) is 3.50. The summed E-state index contributed by atoms with van der Waals surface area (Å²) in [5, 5.41) is 48.5. The van der Waals surface area contributed by atoms with E-state index in [4.69, 9.17) is 14.9 Å². The average molecular weight is 239 g/mol. The predicted octanol–water partition coefficient (Wildman–Crippen LogP) is -3.34. The minimum absolute atomic E-state index is 0.0553. The van der Waals surface area contributed by atoms with Gasteiger partial charge in [0.05, 0.1) is 19.3 Å². The van der Waals surface area contributed by atoms with Crippen LogP contribution in [0.25, 0.3) is 0 Å². The predicted molar refractivity (Wildman–Crippen MR) is 55.9 cm³/mol. The summed E-state index contributed by atoms with van der Waals surface area (Å²) in [6, 6.07) is 0. The fourth-order valence-electron chi connectivity index (χ4n) is 1.11. The Balaban J connectivity index is 3.83. The Morgan fingerprint density at radius 1 is 1.06 bits per heavy atom. The molecule has 0 aliphatic heterocycles. The van der Waals surface area contributed by atoms with Crippen LogP contribution in [-0.2, 0) is 4.74 Å². The fraction of sp³-hybridized carbons (Fsp3) is 1.00. The maximum atomic E-state index is 9.43. The molecule has 16 heavy (non-hydrogen) atoms. The molecule has 7 nitrogen and oxygen atoms in total. The molecule has 0 saturated heterocycles. The van der Waals surface area contributed by atoms with Gasteiger partial charge in [-0.3, -0.25) is 0 Å². The second kappa shape index (κ2) is 8.82. The summed E-state index contributed by atoms with van der Waals surface area (Å²) >= 11 is 0. The summed E-state index contributed by atoms with van der Waals surface area (Å²) in [6.07, 6.45) is -5.79. The van der Waals surface area contributed by atoms with Crippen molar-refractivity contribution in [2.75, 3.05) is 33.4 Å². The Kier molecular flexibility index (Phi) is 8.67. The quantitative estimate of drug-likeness (QED) is 0.232. The van der Waals surface area contributed by atoms with Gasteiger partial charge in [0.15, 0.2) is 0 Å². The number of ether oxygens (including phenoxy) is 1. The van der Waals surface area contributed by atoms with E-state index in [1.807, 2.05) is 0 Å². The van der Waals surface area contributed by atoms with E-state index in [9.17, 15) is 15.3 Å². The van der Waals surface area contributed by atoms with E-state index in [1.54, 1.807) is 0 Å². The van der Waals surface area contributed by atoms with Crippen LogP contribution in [0.3, 0.4) is 0 Å². The van der Waals surface area contributed by atoms with E-state index in [-0.39, 0.29) is 6.54 Å². The second-order valence-electron chi connectivity index (χ2n) is 3.50. The van der Waals surface area contributed by atoms with Crippen molar-refractivity contribution in [3.63, 3.8) is 0 Å². The van der Waals surface area contributed by atoms with E-state index in [1.165, 1.54) is 7.11 Å². The van der Waals surface area contributed by atoms with E-state index >= 15 is 0 Å². The molecule has 4 unspecified atom stereocenters. The molecule has 7 heteroatoms. The smallest absolute Gasteiger partial charge is 0.111 e. The van der Waals surface area contributed by atoms with Crippen molar-refractivity contribution >= 4 is 0 Å².